The quantitative estimate of drug-likeness (QED) is 0.913. The van der Waals surface area contributed by atoms with E-state index >= 15 is 0 Å². The van der Waals surface area contributed by atoms with Crippen LogP contribution in [0.3, 0.4) is 0 Å². The van der Waals surface area contributed by atoms with E-state index in [0.717, 1.165) is 18.3 Å². The zero-order valence-electron chi connectivity index (χ0n) is 12.2. The summed E-state index contributed by atoms with van der Waals surface area (Å²) < 4.78 is 0. The van der Waals surface area contributed by atoms with Crippen molar-refractivity contribution in [2.75, 3.05) is 13.1 Å². The van der Waals surface area contributed by atoms with Crippen LogP contribution in [-0.4, -0.2) is 18.3 Å². The lowest BCUT2D eigenvalue weighted by atomic mass is 10.0. The Bertz CT molecular complexity index is 595. The van der Waals surface area contributed by atoms with Gasteiger partial charge in [-0.25, -0.2) is 0 Å². The minimum atomic E-state index is 0.459. The molecular weight excluding hydrogens is 276 g/mol. The summed E-state index contributed by atoms with van der Waals surface area (Å²) in [6, 6.07) is 21.2. The van der Waals surface area contributed by atoms with Crippen molar-refractivity contribution in [3.8, 4) is 0 Å². The number of nitrogens with one attached hydrogen (secondary N) is 1. The first-order chi connectivity index (χ1) is 10.3. The third-order valence-electron chi connectivity index (χ3n) is 3.75. The molecule has 1 heterocycles. The maximum Gasteiger partial charge on any atom is 0.157 e. The molecule has 1 aliphatic rings. The lowest BCUT2D eigenvalue weighted by Crippen LogP contribution is -2.24. The van der Waals surface area contributed by atoms with E-state index in [1.165, 1.54) is 11.1 Å². The number of aliphatic imine (C=N–C) groups is 1. The lowest BCUT2D eigenvalue weighted by molar-refractivity contribution is 0.723. The van der Waals surface area contributed by atoms with Crippen LogP contribution in [0.15, 0.2) is 65.7 Å². The van der Waals surface area contributed by atoms with Crippen molar-refractivity contribution in [1.29, 1.82) is 0 Å². The Labute approximate surface area is 130 Å². The third-order valence-corrected chi connectivity index (χ3v) is 4.96. The van der Waals surface area contributed by atoms with Gasteiger partial charge in [0.25, 0.3) is 0 Å². The van der Waals surface area contributed by atoms with E-state index in [1.807, 2.05) is 11.8 Å². The van der Waals surface area contributed by atoms with Gasteiger partial charge in [0.1, 0.15) is 0 Å². The molecule has 1 N–H and O–H groups in total. The van der Waals surface area contributed by atoms with E-state index in [9.17, 15) is 0 Å². The molecule has 108 valence electrons. The molecule has 0 aromatic heterocycles. The van der Waals surface area contributed by atoms with E-state index < -0.39 is 0 Å². The largest absolute Gasteiger partial charge is 0.364 e. The van der Waals surface area contributed by atoms with Gasteiger partial charge >= 0.3 is 0 Å². The Morgan fingerprint density at radius 3 is 2.48 bits per heavy atom. The predicted octanol–water partition coefficient (Wildman–Crippen LogP) is 4.22. The van der Waals surface area contributed by atoms with E-state index in [4.69, 9.17) is 0 Å². The van der Waals surface area contributed by atoms with Crippen LogP contribution >= 0.6 is 11.8 Å². The van der Waals surface area contributed by atoms with Crippen molar-refractivity contribution in [3.63, 3.8) is 0 Å². The van der Waals surface area contributed by atoms with Crippen molar-refractivity contribution in [3.05, 3.63) is 71.8 Å². The molecule has 0 bridgehead atoms. The summed E-state index contributed by atoms with van der Waals surface area (Å²) in [6.07, 6.45) is 0. The molecular formula is C18H20N2S. The Morgan fingerprint density at radius 1 is 1.10 bits per heavy atom. The number of hydrogen-bond donors (Lipinski definition) is 1. The van der Waals surface area contributed by atoms with Crippen LogP contribution in [0.5, 0.6) is 0 Å². The highest BCUT2D eigenvalue weighted by atomic mass is 32.2. The number of rotatable bonds is 4. The van der Waals surface area contributed by atoms with Gasteiger partial charge in [-0.15, -0.1) is 0 Å². The molecule has 0 saturated heterocycles. The Kier molecular flexibility index (Phi) is 4.61. The van der Waals surface area contributed by atoms with Crippen LogP contribution in [0.25, 0.3) is 0 Å². The van der Waals surface area contributed by atoms with Crippen molar-refractivity contribution in [2.24, 2.45) is 4.99 Å². The predicted molar refractivity (Wildman–Crippen MR) is 91.9 cm³/mol. The van der Waals surface area contributed by atoms with Crippen molar-refractivity contribution >= 4 is 16.9 Å². The van der Waals surface area contributed by atoms with Crippen molar-refractivity contribution in [2.45, 2.75) is 18.1 Å². The maximum atomic E-state index is 4.63. The van der Waals surface area contributed by atoms with Crippen LogP contribution in [0.4, 0.5) is 0 Å². The van der Waals surface area contributed by atoms with Gasteiger partial charge in [0, 0.05) is 6.54 Å². The second-order valence-corrected chi connectivity index (χ2v) is 6.55. The highest BCUT2D eigenvalue weighted by Crippen LogP contribution is 2.34. The molecule has 2 nitrogen and oxygen atoms in total. The number of hydrogen-bond acceptors (Lipinski definition) is 3. The smallest absolute Gasteiger partial charge is 0.157 e. The molecule has 0 fully saturated rings. The molecule has 3 heteroatoms. The molecule has 3 rings (SSSR count). The summed E-state index contributed by atoms with van der Waals surface area (Å²) in [4.78, 5) is 4.63. The normalized spacial score (nSPS) is 19.1. The highest BCUT2D eigenvalue weighted by Gasteiger charge is 2.21. The molecule has 2 aromatic carbocycles. The minimum Gasteiger partial charge on any atom is -0.364 e. The van der Waals surface area contributed by atoms with E-state index in [-0.39, 0.29) is 0 Å². The summed E-state index contributed by atoms with van der Waals surface area (Å²) >= 11 is 1.84. The molecule has 2 aromatic rings. The fourth-order valence-electron chi connectivity index (χ4n) is 2.45. The first-order valence-electron chi connectivity index (χ1n) is 7.38. The molecule has 0 radical (unpaired) electrons. The zero-order chi connectivity index (χ0) is 14.5. The molecule has 0 amide bonds. The third kappa shape index (κ3) is 3.67. The fraction of sp³-hybridized carbons (Fsp3) is 0.278. The molecule has 1 aliphatic heterocycles. The van der Waals surface area contributed by atoms with Gasteiger partial charge in [-0.2, -0.15) is 0 Å². The zero-order valence-corrected chi connectivity index (χ0v) is 13.0. The topological polar surface area (TPSA) is 24.4 Å². The maximum absolute atomic E-state index is 4.63. The first kappa shape index (κ1) is 14.2. The van der Waals surface area contributed by atoms with Crippen LogP contribution in [0, 0.1) is 0 Å². The molecule has 2 unspecified atom stereocenters. The fourth-order valence-corrected chi connectivity index (χ4v) is 3.48. The molecule has 0 spiro atoms. The summed E-state index contributed by atoms with van der Waals surface area (Å²) in [6.45, 7) is 4.05. The van der Waals surface area contributed by atoms with Gasteiger partial charge in [0.05, 0.1) is 11.8 Å². The number of nitrogens with zero attached hydrogens (tertiary/aromatic N) is 1. The van der Waals surface area contributed by atoms with E-state index in [0.29, 0.717) is 11.2 Å². The Hall–Kier alpha value is -1.74. The van der Waals surface area contributed by atoms with Crippen LogP contribution in [0.1, 0.15) is 29.2 Å². The molecule has 2 atom stereocenters. The summed E-state index contributed by atoms with van der Waals surface area (Å²) in [7, 11) is 0. The molecule has 21 heavy (non-hydrogen) atoms. The van der Waals surface area contributed by atoms with Gasteiger partial charge < -0.3 is 5.32 Å². The first-order valence-corrected chi connectivity index (χ1v) is 8.26. The standard InChI is InChI=1S/C18H20N2S/c1-14(15-8-4-2-5-9-15)12-19-18-20-13-17(21-18)16-10-6-3-7-11-16/h2-11,14,17H,12-13H2,1H3,(H,19,20). The van der Waals surface area contributed by atoms with E-state index in [2.05, 4.69) is 77.9 Å². The number of benzene rings is 2. The van der Waals surface area contributed by atoms with Crippen LogP contribution in [0.2, 0.25) is 0 Å². The van der Waals surface area contributed by atoms with Gasteiger partial charge in [-0.1, -0.05) is 79.3 Å². The second-order valence-electron chi connectivity index (χ2n) is 5.36. The Morgan fingerprint density at radius 2 is 1.76 bits per heavy atom. The highest BCUT2D eigenvalue weighted by molar-refractivity contribution is 8.14. The van der Waals surface area contributed by atoms with Crippen molar-refractivity contribution < 1.29 is 0 Å². The number of thioether (sulfide) groups is 1. The van der Waals surface area contributed by atoms with Gasteiger partial charge in [0.2, 0.25) is 0 Å². The van der Waals surface area contributed by atoms with Crippen LogP contribution < -0.4 is 5.32 Å². The minimum absolute atomic E-state index is 0.459. The van der Waals surface area contributed by atoms with Gasteiger partial charge in [-0.3, -0.25) is 4.99 Å². The summed E-state index contributed by atoms with van der Waals surface area (Å²) in [5.74, 6) is 0.491. The Balaban J connectivity index is 1.51. The summed E-state index contributed by atoms with van der Waals surface area (Å²) in [5.41, 5.74) is 2.73. The average molecular weight is 296 g/mol. The monoisotopic (exact) mass is 296 g/mol. The van der Waals surface area contributed by atoms with Crippen LogP contribution in [-0.2, 0) is 0 Å². The average Bonchev–Trinajstić information content (AvgIpc) is 3.03. The molecule has 0 aliphatic carbocycles. The SMILES string of the molecule is CC(CNC1=NCC(c2ccccc2)S1)c1ccccc1. The second kappa shape index (κ2) is 6.81. The van der Waals surface area contributed by atoms with E-state index in [1.54, 1.807) is 0 Å². The van der Waals surface area contributed by atoms with Gasteiger partial charge in [0.15, 0.2) is 5.17 Å². The van der Waals surface area contributed by atoms with Gasteiger partial charge in [-0.05, 0) is 17.0 Å². The number of amidine groups is 1. The summed E-state index contributed by atoms with van der Waals surface area (Å²) in [5, 5.41) is 5.03. The lowest BCUT2D eigenvalue weighted by Gasteiger charge is -2.14. The van der Waals surface area contributed by atoms with Crippen molar-refractivity contribution in [1.82, 2.24) is 5.32 Å². The molecule has 0 saturated carbocycles.